The fraction of sp³-hybridized carbons (Fsp3) is 0.619. The Balaban J connectivity index is 4.02. The van der Waals surface area contributed by atoms with E-state index in [0.29, 0.717) is 34.4 Å². The van der Waals surface area contributed by atoms with Gasteiger partial charge in [0.25, 0.3) is 10.1 Å². The highest BCUT2D eigenvalue weighted by atomic mass is 32.2. The zero-order chi connectivity index (χ0) is 20.2. The summed E-state index contributed by atoms with van der Waals surface area (Å²) in [6.45, 7) is 16.9. The Morgan fingerprint density at radius 1 is 0.885 bits per heavy atom. The summed E-state index contributed by atoms with van der Waals surface area (Å²) in [5.74, 6) is 1.33. The zero-order valence-electron chi connectivity index (χ0n) is 17.5. The SMILES string of the molecule is C=CCc1c(CC(C)C)c(CC(C)C)c(CC(C)C)c([SiH3])c1S(=O)(=O)O. The lowest BCUT2D eigenvalue weighted by molar-refractivity contribution is 0.482. The van der Waals surface area contributed by atoms with Gasteiger partial charge in [-0.3, -0.25) is 4.55 Å². The van der Waals surface area contributed by atoms with Gasteiger partial charge >= 0.3 is 0 Å². The second-order valence-corrected chi connectivity index (χ2v) is 11.0. The molecule has 3 nitrogen and oxygen atoms in total. The minimum atomic E-state index is -4.26. The normalized spacial score (nSPS) is 12.5. The molecule has 0 radical (unpaired) electrons. The minimum absolute atomic E-state index is 0.169. The molecular weight excluding hydrogens is 360 g/mol. The third kappa shape index (κ3) is 5.79. The van der Waals surface area contributed by atoms with Crippen molar-refractivity contribution >= 4 is 25.5 Å². The second kappa shape index (κ2) is 9.33. The predicted octanol–water partition coefficient (Wildman–Crippen LogP) is 3.25. The van der Waals surface area contributed by atoms with Gasteiger partial charge in [-0.15, -0.1) is 6.58 Å². The van der Waals surface area contributed by atoms with Gasteiger partial charge in [-0.25, -0.2) is 0 Å². The van der Waals surface area contributed by atoms with Gasteiger partial charge < -0.3 is 0 Å². The Bertz CT molecular complexity index is 747. The van der Waals surface area contributed by atoms with E-state index in [1.807, 2.05) is 0 Å². The largest absolute Gasteiger partial charge is 0.294 e. The first-order valence-corrected chi connectivity index (χ1v) is 12.1. The summed E-state index contributed by atoms with van der Waals surface area (Å²) in [7, 11) is -3.67. The van der Waals surface area contributed by atoms with Crippen LogP contribution >= 0.6 is 0 Å². The summed E-state index contributed by atoms with van der Waals surface area (Å²) < 4.78 is 34.6. The molecule has 0 amide bonds. The summed E-state index contributed by atoms with van der Waals surface area (Å²) in [6.07, 6.45) is 4.83. The Morgan fingerprint density at radius 3 is 1.62 bits per heavy atom. The van der Waals surface area contributed by atoms with Crippen LogP contribution in [0.15, 0.2) is 17.6 Å². The van der Waals surface area contributed by atoms with E-state index in [9.17, 15) is 13.0 Å². The fourth-order valence-electron chi connectivity index (χ4n) is 3.79. The van der Waals surface area contributed by atoms with Crippen molar-refractivity contribution < 1.29 is 13.0 Å². The van der Waals surface area contributed by atoms with Crippen LogP contribution in [0.3, 0.4) is 0 Å². The molecule has 1 rings (SSSR count). The van der Waals surface area contributed by atoms with Crippen LogP contribution in [-0.4, -0.2) is 23.2 Å². The molecule has 148 valence electrons. The first kappa shape index (κ1) is 23.1. The first-order valence-electron chi connectivity index (χ1n) is 9.64. The molecule has 0 bridgehead atoms. The van der Waals surface area contributed by atoms with Crippen LogP contribution in [0.2, 0.25) is 0 Å². The van der Waals surface area contributed by atoms with Gasteiger partial charge in [0.05, 0.1) is 4.90 Å². The maximum atomic E-state index is 12.3. The van der Waals surface area contributed by atoms with E-state index in [1.54, 1.807) is 6.08 Å². The van der Waals surface area contributed by atoms with Crippen LogP contribution in [0.5, 0.6) is 0 Å². The second-order valence-electron chi connectivity index (χ2n) is 8.63. The molecule has 0 heterocycles. The summed E-state index contributed by atoms with van der Waals surface area (Å²) in [6, 6.07) is 0. The third-order valence-corrected chi connectivity index (χ3v) is 7.14. The van der Waals surface area contributed by atoms with Crippen LogP contribution in [-0.2, 0) is 35.8 Å². The van der Waals surface area contributed by atoms with Crippen molar-refractivity contribution in [2.24, 2.45) is 17.8 Å². The first-order chi connectivity index (χ1) is 11.9. The number of hydrogen-bond acceptors (Lipinski definition) is 2. The Morgan fingerprint density at radius 2 is 1.27 bits per heavy atom. The summed E-state index contributed by atoms with van der Waals surface area (Å²) in [5.41, 5.74) is 4.37. The maximum Gasteiger partial charge on any atom is 0.294 e. The Hall–Kier alpha value is -0.913. The molecule has 0 saturated carbocycles. The molecule has 26 heavy (non-hydrogen) atoms. The van der Waals surface area contributed by atoms with Gasteiger partial charge in [0, 0.05) is 10.2 Å². The van der Waals surface area contributed by atoms with Gasteiger partial charge in [0.1, 0.15) is 0 Å². The molecule has 1 aromatic carbocycles. The topological polar surface area (TPSA) is 54.4 Å². The molecule has 0 aromatic heterocycles. The van der Waals surface area contributed by atoms with E-state index in [1.165, 1.54) is 5.56 Å². The predicted molar refractivity (Wildman–Crippen MR) is 115 cm³/mol. The third-order valence-electron chi connectivity index (χ3n) is 4.60. The molecule has 0 saturated heterocycles. The molecule has 0 aliphatic heterocycles. The smallest absolute Gasteiger partial charge is 0.282 e. The molecule has 5 heteroatoms. The van der Waals surface area contributed by atoms with E-state index in [0.717, 1.165) is 41.1 Å². The van der Waals surface area contributed by atoms with E-state index in [2.05, 4.69) is 48.1 Å². The summed E-state index contributed by atoms with van der Waals surface area (Å²) in [4.78, 5) is 0.169. The van der Waals surface area contributed by atoms with Crippen LogP contribution in [0, 0.1) is 17.8 Å². The molecule has 0 aliphatic rings. The van der Waals surface area contributed by atoms with Crippen LogP contribution in [0.4, 0.5) is 0 Å². The zero-order valence-corrected chi connectivity index (χ0v) is 20.3. The van der Waals surface area contributed by atoms with E-state index in [-0.39, 0.29) is 4.90 Å². The molecule has 0 spiro atoms. The van der Waals surface area contributed by atoms with Crippen molar-refractivity contribution in [3.05, 3.63) is 34.9 Å². The summed E-state index contributed by atoms with van der Waals surface area (Å²) in [5, 5.41) is 0.848. The van der Waals surface area contributed by atoms with Crippen molar-refractivity contribution in [1.82, 2.24) is 0 Å². The van der Waals surface area contributed by atoms with Crippen molar-refractivity contribution in [3.63, 3.8) is 0 Å². The van der Waals surface area contributed by atoms with E-state index < -0.39 is 10.1 Å². The highest BCUT2D eigenvalue weighted by molar-refractivity contribution is 7.86. The van der Waals surface area contributed by atoms with Crippen LogP contribution in [0.1, 0.15) is 63.8 Å². The lowest BCUT2D eigenvalue weighted by atomic mass is 9.83. The number of rotatable bonds is 9. The number of hydrogen-bond donors (Lipinski definition) is 1. The van der Waals surface area contributed by atoms with Crippen LogP contribution < -0.4 is 5.19 Å². The van der Waals surface area contributed by atoms with E-state index in [4.69, 9.17) is 0 Å². The Kier molecular flexibility index (Phi) is 8.30. The number of allylic oxidation sites excluding steroid dienone is 1. The summed E-state index contributed by atoms with van der Waals surface area (Å²) >= 11 is 0. The number of benzene rings is 1. The monoisotopic (exact) mass is 396 g/mol. The van der Waals surface area contributed by atoms with Gasteiger partial charge in [0.2, 0.25) is 0 Å². The maximum absolute atomic E-state index is 12.3. The molecule has 1 N–H and O–H groups in total. The highest BCUT2D eigenvalue weighted by Crippen LogP contribution is 2.31. The molecule has 0 unspecified atom stereocenters. The van der Waals surface area contributed by atoms with Crippen molar-refractivity contribution in [2.45, 2.75) is 72.1 Å². The van der Waals surface area contributed by atoms with Gasteiger partial charge in [-0.2, -0.15) is 8.42 Å². The molecule has 0 atom stereocenters. The lowest BCUT2D eigenvalue weighted by Crippen LogP contribution is -2.28. The standard InChI is InChI=1S/C21H36O3SSi/c1-8-9-16-17(10-13(2)3)18(11-14(4)5)19(12-15(6)7)21(26)20(16)25(22,23)24/h8,13-15H,1,9-12H2,2-7,26H3,(H,22,23,24). The average molecular weight is 397 g/mol. The lowest BCUT2D eigenvalue weighted by Gasteiger charge is -2.27. The van der Waals surface area contributed by atoms with Gasteiger partial charge in [-0.05, 0) is 70.9 Å². The van der Waals surface area contributed by atoms with Gasteiger partial charge in [-0.1, -0.05) is 47.6 Å². The molecule has 0 aliphatic carbocycles. The molecular formula is C21H36O3SSi. The van der Waals surface area contributed by atoms with Crippen molar-refractivity contribution in [2.75, 3.05) is 0 Å². The average Bonchev–Trinajstić information content (AvgIpc) is 2.44. The Labute approximate surface area is 163 Å². The highest BCUT2D eigenvalue weighted by Gasteiger charge is 2.27. The van der Waals surface area contributed by atoms with Gasteiger partial charge in [0.15, 0.2) is 0 Å². The van der Waals surface area contributed by atoms with Crippen molar-refractivity contribution in [3.8, 4) is 0 Å². The quantitative estimate of drug-likeness (QED) is 0.396. The van der Waals surface area contributed by atoms with Crippen LogP contribution in [0.25, 0.3) is 0 Å². The molecule has 0 fully saturated rings. The van der Waals surface area contributed by atoms with E-state index >= 15 is 0 Å². The molecule has 1 aromatic rings. The minimum Gasteiger partial charge on any atom is -0.282 e. The fourth-order valence-corrected chi connectivity index (χ4v) is 6.40. The van der Waals surface area contributed by atoms with Crippen molar-refractivity contribution in [1.29, 1.82) is 0 Å².